The second kappa shape index (κ2) is 10.8. The lowest BCUT2D eigenvalue weighted by molar-refractivity contribution is -0.126. The zero-order valence-corrected chi connectivity index (χ0v) is 20.8. The summed E-state index contributed by atoms with van der Waals surface area (Å²) in [5.74, 6) is -2.67. The number of ether oxygens (including phenoxy) is 1. The van der Waals surface area contributed by atoms with Crippen molar-refractivity contribution in [1.82, 2.24) is 10.5 Å². The first kappa shape index (κ1) is 26.0. The van der Waals surface area contributed by atoms with E-state index >= 15 is 0 Å². The Morgan fingerprint density at radius 3 is 2.23 bits per heavy atom. The molecule has 0 spiro atoms. The van der Waals surface area contributed by atoms with Gasteiger partial charge in [-0.05, 0) is 23.3 Å². The van der Waals surface area contributed by atoms with Crippen LogP contribution in [0.1, 0.15) is 22.9 Å². The van der Waals surface area contributed by atoms with E-state index in [9.17, 15) is 23.2 Å². The molecule has 3 rings (SSSR count). The van der Waals surface area contributed by atoms with Crippen molar-refractivity contribution in [2.45, 2.75) is 38.7 Å². The molecule has 8 nitrogen and oxygen atoms in total. The van der Waals surface area contributed by atoms with Crippen LogP contribution in [0, 0.1) is 11.6 Å². The van der Waals surface area contributed by atoms with Crippen molar-refractivity contribution in [3.05, 3.63) is 81.3 Å². The zero-order chi connectivity index (χ0) is 25.8. The highest BCUT2D eigenvalue weighted by Gasteiger charge is 2.28. The van der Waals surface area contributed by atoms with Gasteiger partial charge in [0.2, 0.25) is 5.91 Å². The number of methoxy groups -OCH3 is 1. The van der Waals surface area contributed by atoms with Gasteiger partial charge in [0.05, 0.1) is 21.1 Å². The summed E-state index contributed by atoms with van der Waals surface area (Å²) >= 11 is 0. The van der Waals surface area contributed by atoms with E-state index in [0.717, 1.165) is 23.8 Å². The monoisotopic (exact) mass is 503 g/mol. The molecule has 1 unspecified atom stereocenters. The van der Waals surface area contributed by atoms with Gasteiger partial charge >= 0.3 is 0 Å². The maximum absolute atomic E-state index is 14.7. The highest BCUT2D eigenvalue weighted by Crippen LogP contribution is 2.20. The summed E-state index contributed by atoms with van der Waals surface area (Å²) in [6, 6.07) is 8.84. The molecule has 2 aromatic carbocycles. The van der Waals surface area contributed by atoms with E-state index in [4.69, 9.17) is 9.26 Å². The van der Waals surface area contributed by atoms with E-state index in [-0.39, 0.29) is 23.1 Å². The Bertz CT molecular complexity index is 1240. The molecule has 1 atom stereocenters. The average molecular weight is 504 g/mol. The minimum Gasteiger partial charge on any atom is -0.383 e. The number of anilines is 1. The molecule has 1 aromatic heterocycles. The Labute approximate surface area is 201 Å². The summed E-state index contributed by atoms with van der Waals surface area (Å²) < 4.78 is 39.3. The van der Waals surface area contributed by atoms with Crippen molar-refractivity contribution < 1.29 is 27.6 Å². The van der Waals surface area contributed by atoms with Crippen LogP contribution in [0.15, 0.2) is 51.8 Å². The van der Waals surface area contributed by atoms with Gasteiger partial charge in [-0.25, -0.2) is 8.78 Å². The van der Waals surface area contributed by atoms with Gasteiger partial charge in [-0.1, -0.05) is 43.9 Å². The molecule has 0 aliphatic carbocycles. The second-order valence-electron chi connectivity index (χ2n) is 9.09. The number of benzene rings is 2. The normalized spacial score (nSPS) is 12.3. The number of aromatic amines is 1. The van der Waals surface area contributed by atoms with E-state index in [0.29, 0.717) is 12.2 Å². The molecule has 0 aliphatic rings. The fraction of sp³-hybridized carbons (Fsp3) is 0.292. The van der Waals surface area contributed by atoms with Gasteiger partial charge in [0.15, 0.2) is 0 Å². The molecule has 0 fully saturated rings. The molecule has 11 heteroatoms. The topological polar surface area (TPSA) is 113 Å². The Hall–Kier alpha value is -3.57. The van der Waals surface area contributed by atoms with E-state index in [2.05, 4.69) is 15.8 Å². The van der Waals surface area contributed by atoms with Gasteiger partial charge < -0.3 is 19.9 Å². The Morgan fingerprint density at radius 1 is 1.09 bits per heavy atom. The lowest BCUT2D eigenvalue weighted by Crippen LogP contribution is -2.42. The lowest BCUT2D eigenvalue weighted by Gasteiger charge is -2.21. The molecule has 3 N–H and O–H groups in total. The minimum absolute atomic E-state index is 0.0436. The number of H-pyrrole nitrogens is 1. The SMILES string of the molecule is COCc1ccc(C(NC(=O)Cc2cc(=O)[nH]o2)C(=O)Nc2cc(F)c([Si](C)(C)C)c(F)c2)cc1. The smallest absolute Gasteiger partial charge is 0.280 e. The molecule has 0 bridgehead atoms. The van der Waals surface area contributed by atoms with E-state index < -0.39 is 43.1 Å². The molecule has 0 saturated carbocycles. The number of hydrogen-bond donors (Lipinski definition) is 3. The molecule has 186 valence electrons. The third kappa shape index (κ3) is 6.73. The molecule has 35 heavy (non-hydrogen) atoms. The number of carbonyl (C=O) groups is 2. The van der Waals surface area contributed by atoms with E-state index in [1.54, 1.807) is 31.4 Å². The molecule has 0 saturated heterocycles. The quantitative estimate of drug-likeness (QED) is 0.389. The minimum atomic E-state index is -2.29. The van der Waals surface area contributed by atoms with Crippen LogP contribution in [-0.4, -0.2) is 32.2 Å². The van der Waals surface area contributed by atoms with Crippen molar-refractivity contribution in [2.24, 2.45) is 0 Å². The molecule has 1 heterocycles. The predicted molar refractivity (Wildman–Crippen MR) is 129 cm³/mol. The van der Waals surface area contributed by atoms with Crippen LogP contribution in [0.4, 0.5) is 14.5 Å². The standard InChI is InChI=1S/C24H27F2N3O5Si/c1-33-13-14-5-7-15(8-6-14)22(28-20(30)11-17-12-21(31)29-34-17)24(32)27-16-9-18(25)23(19(26)10-16)35(2,3)4/h5-10,12,22H,11,13H2,1-4H3,(H,27,32)(H,28,30)(H,29,31). The van der Waals surface area contributed by atoms with Crippen LogP contribution in [0.5, 0.6) is 0 Å². The predicted octanol–water partition coefficient (Wildman–Crippen LogP) is 2.98. The van der Waals surface area contributed by atoms with Gasteiger partial charge in [-0.3, -0.25) is 14.4 Å². The molecular weight excluding hydrogens is 476 g/mol. The largest absolute Gasteiger partial charge is 0.383 e. The van der Waals surface area contributed by atoms with Crippen molar-refractivity contribution in [2.75, 3.05) is 12.4 Å². The molecule has 0 radical (unpaired) electrons. The van der Waals surface area contributed by atoms with Gasteiger partial charge in [-0.2, -0.15) is 5.16 Å². The van der Waals surface area contributed by atoms with Crippen LogP contribution in [0.3, 0.4) is 0 Å². The number of halogens is 2. The first-order valence-corrected chi connectivity index (χ1v) is 14.3. The number of carbonyl (C=O) groups excluding carboxylic acids is 2. The van der Waals surface area contributed by atoms with Crippen LogP contribution in [-0.2, 0) is 27.4 Å². The number of hydrogen-bond acceptors (Lipinski definition) is 5. The van der Waals surface area contributed by atoms with Gasteiger partial charge in [0, 0.05) is 24.1 Å². The summed E-state index contributed by atoms with van der Waals surface area (Å²) in [5.41, 5.74) is 0.716. The fourth-order valence-electron chi connectivity index (χ4n) is 3.63. The Balaban J connectivity index is 1.86. The number of rotatable bonds is 9. The highest BCUT2D eigenvalue weighted by molar-refractivity contribution is 6.88. The highest BCUT2D eigenvalue weighted by atomic mass is 28.3. The third-order valence-corrected chi connectivity index (χ3v) is 7.14. The molecule has 2 amide bonds. The first-order valence-electron chi connectivity index (χ1n) is 10.8. The number of nitrogens with one attached hydrogen (secondary N) is 3. The fourth-order valence-corrected chi connectivity index (χ4v) is 5.21. The van der Waals surface area contributed by atoms with Crippen molar-refractivity contribution in [3.63, 3.8) is 0 Å². The van der Waals surface area contributed by atoms with Crippen LogP contribution in [0.2, 0.25) is 19.6 Å². The lowest BCUT2D eigenvalue weighted by atomic mass is 10.0. The van der Waals surface area contributed by atoms with Crippen molar-refractivity contribution >= 4 is 30.8 Å². The van der Waals surface area contributed by atoms with Gasteiger partial charge in [-0.15, -0.1) is 0 Å². The van der Waals surface area contributed by atoms with Crippen LogP contribution in [0.25, 0.3) is 0 Å². The summed E-state index contributed by atoms with van der Waals surface area (Å²) in [4.78, 5) is 37.0. The van der Waals surface area contributed by atoms with Crippen molar-refractivity contribution in [3.8, 4) is 0 Å². The van der Waals surface area contributed by atoms with Crippen LogP contribution >= 0.6 is 0 Å². The van der Waals surface area contributed by atoms with E-state index in [1.165, 1.54) is 0 Å². The maximum Gasteiger partial charge on any atom is 0.280 e. The first-order chi connectivity index (χ1) is 16.5. The summed E-state index contributed by atoms with van der Waals surface area (Å²) in [6.45, 7) is 5.81. The zero-order valence-electron chi connectivity index (χ0n) is 19.8. The number of amides is 2. The average Bonchev–Trinajstić information content (AvgIpc) is 3.15. The summed E-state index contributed by atoms with van der Waals surface area (Å²) in [5, 5.41) is 7.21. The maximum atomic E-state index is 14.7. The van der Waals surface area contributed by atoms with Crippen LogP contribution < -0.4 is 21.4 Å². The molecule has 3 aromatic rings. The van der Waals surface area contributed by atoms with Gasteiger partial charge in [0.1, 0.15) is 23.4 Å². The van der Waals surface area contributed by atoms with Crippen molar-refractivity contribution in [1.29, 1.82) is 0 Å². The Kier molecular flexibility index (Phi) is 8.02. The Morgan fingerprint density at radius 2 is 1.71 bits per heavy atom. The summed E-state index contributed by atoms with van der Waals surface area (Å²) in [6.07, 6.45) is -0.293. The third-order valence-electron chi connectivity index (χ3n) is 5.16. The number of aromatic nitrogens is 1. The second-order valence-corrected chi connectivity index (χ2v) is 14.1. The summed E-state index contributed by atoms with van der Waals surface area (Å²) in [7, 11) is -0.742. The van der Waals surface area contributed by atoms with E-state index in [1.807, 2.05) is 19.6 Å². The molecular formula is C24H27F2N3O5Si. The molecule has 0 aliphatic heterocycles. The van der Waals surface area contributed by atoms with Gasteiger partial charge in [0.25, 0.3) is 11.5 Å².